The molecule has 1 aromatic heterocycles. The maximum atomic E-state index is 11.1. The number of carbonyl (C=O) groups is 1. The normalized spacial score (nSPS) is 14.9. The molecule has 0 saturated carbocycles. The maximum absolute atomic E-state index is 11.1. The fourth-order valence-corrected chi connectivity index (χ4v) is 5.15. The van der Waals surface area contributed by atoms with Gasteiger partial charge in [0.05, 0.1) is 10.2 Å². The minimum atomic E-state index is -0.291. The predicted molar refractivity (Wildman–Crippen MR) is 124 cm³/mol. The van der Waals surface area contributed by atoms with Gasteiger partial charge in [0.1, 0.15) is 5.75 Å². The van der Waals surface area contributed by atoms with Gasteiger partial charge in [-0.15, -0.1) is 0 Å². The van der Waals surface area contributed by atoms with Crippen LogP contribution in [0.3, 0.4) is 0 Å². The molecular formula is C23H26ClN3O2S. The van der Waals surface area contributed by atoms with Gasteiger partial charge in [0.15, 0.2) is 5.13 Å². The second-order valence-corrected chi connectivity index (χ2v) is 9.19. The highest BCUT2D eigenvalue weighted by atomic mass is 35.5. The van der Waals surface area contributed by atoms with Crippen molar-refractivity contribution in [3.8, 4) is 5.75 Å². The number of halogens is 1. The third-order valence-corrected chi connectivity index (χ3v) is 6.76. The Morgan fingerprint density at radius 2 is 2.10 bits per heavy atom. The molecule has 0 atom stereocenters. The molecule has 1 aliphatic heterocycles. The van der Waals surface area contributed by atoms with Crippen LogP contribution in [0.15, 0.2) is 42.5 Å². The van der Waals surface area contributed by atoms with Gasteiger partial charge in [-0.1, -0.05) is 35.1 Å². The molecule has 0 bridgehead atoms. The topological polar surface area (TPSA) is 54.5 Å². The summed E-state index contributed by atoms with van der Waals surface area (Å²) >= 11 is 7.83. The lowest BCUT2D eigenvalue weighted by atomic mass is 9.94. The molecule has 1 saturated heterocycles. The SMILES string of the molecule is CC(=O)Oc1cccc(CNCCC2CCN(c3nc4ccc(Cl)cc4s3)CC2)c1. The highest BCUT2D eigenvalue weighted by Crippen LogP contribution is 2.33. The van der Waals surface area contributed by atoms with Crippen LogP contribution < -0.4 is 15.0 Å². The smallest absolute Gasteiger partial charge is 0.308 e. The predicted octanol–water partition coefficient (Wildman–Crippen LogP) is 5.27. The van der Waals surface area contributed by atoms with Gasteiger partial charge in [0.25, 0.3) is 0 Å². The largest absolute Gasteiger partial charge is 0.427 e. The first-order chi connectivity index (χ1) is 14.6. The number of benzene rings is 2. The van der Waals surface area contributed by atoms with Gasteiger partial charge >= 0.3 is 5.97 Å². The number of esters is 1. The summed E-state index contributed by atoms with van der Waals surface area (Å²) in [5, 5.41) is 5.39. The molecule has 4 rings (SSSR count). The summed E-state index contributed by atoms with van der Waals surface area (Å²) in [5.74, 6) is 1.05. The van der Waals surface area contributed by atoms with E-state index >= 15 is 0 Å². The number of piperidine rings is 1. The first-order valence-corrected chi connectivity index (χ1v) is 11.6. The van der Waals surface area contributed by atoms with Crippen molar-refractivity contribution < 1.29 is 9.53 Å². The molecule has 0 unspecified atom stereocenters. The van der Waals surface area contributed by atoms with Crippen molar-refractivity contribution >= 4 is 44.3 Å². The molecule has 7 heteroatoms. The molecule has 1 aliphatic rings. The number of nitrogens with zero attached hydrogens (tertiary/aromatic N) is 2. The first-order valence-electron chi connectivity index (χ1n) is 10.4. The number of hydrogen-bond donors (Lipinski definition) is 1. The number of aromatic nitrogens is 1. The van der Waals surface area contributed by atoms with Crippen LogP contribution in [0.1, 0.15) is 31.7 Å². The second-order valence-electron chi connectivity index (χ2n) is 7.75. The number of thiazole rings is 1. The number of fused-ring (bicyclic) bond motifs is 1. The molecule has 2 aromatic carbocycles. The molecule has 1 fully saturated rings. The summed E-state index contributed by atoms with van der Waals surface area (Å²) in [4.78, 5) is 18.3. The second kappa shape index (κ2) is 9.77. The quantitative estimate of drug-likeness (QED) is 0.306. The highest BCUT2D eigenvalue weighted by Gasteiger charge is 2.21. The Kier molecular flexibility index (Phi) is 6.87. The molecule has 158 valence electrons. The molecule has 0 amide bonds. The zero-order chi connectivity index (χ0) is 20.9. The zero-order valence-corrected chi connectivity index (χ0v) is 18.6. The van der Waals surface area contributed by atoms with Crippen molar-refractivity contribution in [1.29, 1.82) is 0 Å². The summed E-state index contributed by atoms with van der Waals surface area (Å²) in [6.45, 7) is 5.30. The van der Waals surface area contributed by atoms with E-state index in [4.69, 9.17) is 21.3 Å². The van der Waals surface area contributed by atoms with E-state index in [0.717, 1.165) is 58.0 Å². The van der Waals surface area contributed by atoms with Gasteiger partial charge in [-0.3, -0.25) is 4.79 Å². The minimum absolute atomic E-state index is 0.291. The van der Waals surface area contributed by atoms with Crippen molar-refractivity contribution in [2.75, 3.05) is 24.5 Å². The Labute approximate surface area is 186 Å². The number of ether oxygens (including phenoxy) is 1. The average Bonchev–Trinajstić information content (AvgIpc) is 3.15. The lowest BCUT2D eigenvalue weighted by Gasteiger charge is -2.31. The fourth-order valence-electron chi connectivity index (χ4n) is 3.86. The third-order valence-electron chi connectivity index (χ3n) is 5.44. The van der Waals surface area contributed by atoms with Crippen LogP contribution in [-0.4, -0.2) is 30.6 Å². The fraction of sp³-hybridized carbons (Fsp3) is 0.391. The van der Waals surface area contributed by atoms with Gasteiger partial charge < -0.3 is 15.0 Å². The van der Waals surface area contributed by atoms with Crippen LogP contribution in [-0.2, 0) is 11.3 Å². The Morgan fingerprint density at radius 3 is 2.90 bits per heavy atom. The lowest BCUT2D eigenvalue weighted by molar-refractivity contribution is -0.131. The lowest BCUT2D eigenvalue weighted by Crippen LogP contribution is -2.34. The molecule has 2 heterocycles. The van der Waals surface area contributed by atoms with Crippen molar-refractivity contribution in [3.05, 3.63) is 53.1 Å². The Hall–Kier alpha value is -2.15. The van der Waals surface area contributed by atoms with Crippen LogP contribution >= 0.6 is 22.9 Å². The van der Waals surface area contributed by atoms with Crippen molar-refractivity contribution in [2.24, 2.45) is 5.92 Å². The molecular weight excluding hydrogens is 418 g/mol. The van der Waals surface area contributed by atoms with Gasteiger partial charge in [-0.2, -0.15) is 0 Å². The standard InChI is InChI=1S/C23H26ClN3O2S/c1-16(28)29-20-4-2-3-18(13-20)15-25-10-7-17-8-11-27(12-9-17)23-26-21-6-5-19(24)14-22(21)30-23/h2-6,13-14,17,25H,7-12,15H2,1H3. The van der Waals surface area contributed by atoms with E-state index in [-0.39, 0.29) is 5.97 Å². The summed E-state index contributed by atoms with van der Waals surface area (Å²) < 4.78 is 6.30. The Morgan fingerprint density at radius 1 is 1.27 bits per heavy atom. The molecule has 5 nitrogen and oxygen atoms in total. The average molecular weight is 444 g/mol. The number of rotatable bonds is 7. The van der Waals surface area contributed by atoms with E-state index in [1.807, 2.05) is 36.4 Å². The highest BCUT2D eigenvalue weighted by molar-refractivity contribution is 7.22. The number of anilines is 1. The molecule has 3 aromatic rings. The van der Waals surface area contributed by atoms with Gasteiger partial charge in [-0.25, -0.2) is 4.98 Å². The monoisotopic (exact) mass is 443 g/mol. The van der Waals surface area contributed by atoms with Gasteiger partial charge in [0.2, 0.25) is 0 Å². The Balaban J connectivity index is 1.20. The van der Waals surface area contributed by atoms with Crippen LogP contribution in [0.2, 0.25) is 5.02 Å². The molecule has 0 aliphatic carbocycles. The summed E-state index contributed by atoms with van der Waals surface area (Å²) in [5.41, 5.74) is 2.16. The van der Waals surface area contributed by atoms with E-state index in [1.165, 1.54) is 26.2 Å². The summed E-state index contributed by atoms with van der Waals surface area (Å²) in [7, 11) is 0. The summed E-state index contributed by atoms with van der Waals surface area (Å²) in [6.07, 6.45) is 3.56. The van der Waals surface area contributed by atoms with E-state index < -0.39 is 0 Å². The molecule has 30 heavy (non-hydrogen) atoms. The summed E-state index contributed by atoms with van der Waals surface area (Å²) in [6, 6.07) is 13.6. The van der Waals surface area contributed by atoms with E-state index in [1.54, 1.807) is 17.4 Å². The number of hydrogen-bond acceptors (Lipinski definition) is 6. The van der Waals surface area contributed by atoms with Gasteiger partial charge in [-0.05, 0) is 67.6 Å². The van der Waals surface area contributed by atoms with Crippen molar-refractivity contribution in [3.63, 3.8) is 0 Å². The number of carbonyl (C=O) groups excluding carboxylic acids is 1. The minimum Gasteiger partial charge on any atom is -0.427 e. The van der Waals surface area contributed by atoms with Crippen LogP contribution in [0.4, 0.5) is 5.13 Å². The van der Waals surface area contributed by atoms with E-state index in [2.05, 4.69) is 10.2 Å². The van der Waals surface area contributed by atoms with Crippen LogP contribution in [0.25, 0.3) is 10.2 Å². The van der Waals surface area contributed by atoms with Crippen LogP contribution in [0.5, 0.6) is 5.75 Å². The first kappa shape index (κ1) is 21.1. The third kappa shape index (κ3) is 5.50. The van der Waals surface area contributed by atoms with Gasteiger partial charge in [0, 0.05) is 31.6 Å². The van der Waals surface area contributed by atoms with Crippen LogP contribution in [0, 0.1) is 5.92 Å². The number of nitrogens with one attached hydrogen (secondary N) is 1. The molecule has 0 spiro atoms. The van der Waals surface area contributed by atoms with E-state index in [9.17, 15) is 4.79 Å². The molecule has 0 radical (unpaired) electrons. The maximum Gasteiger partial charge on any atom is 0.308 e. The zero-order valence-electron chi connectivity index (χ0n) is 17.1. The Bertz CT molecular complexity index is 1010. The van der Waals surface area contributed by atoms with Crippen molar-refractivity contribution in [1.82, 2.24) is 10.3 Å². The van der Waals surface area contributed by atoms with E-state index in [0.29, 0.717) is 5.75 Å². The van der Waals surface area contributed by atoms with Crippen molar-refractivity contribution in [2.45, 2.75) is 32.7 Å². The molecule has 1 N–H and O–H groups in total.